The molecule has 9 heteroatoms. The van der Waals surface area contributed by atoms with Crippen molar-refractivity contribution in [2.24, 2.45) is 4.99 Å². The average Bonchev–Trinajstić information content (AvgIpc) is 3.04. The van der Waals surface area contributed by atoms with Crippen molar-refractivity contribution in [3.63, 3.8) is 0 Å². The highest BCUT2D eigenvalue weighted by molar-refractivity contribution is 5.95. The molecule has 3 rings (SSSR count). The Hall–Kier alpha value is -2.68. The van der Waals surface area contributed by atoms with E-state index in [1.165, 1.54) is 0 Å². The second-order valence-corrected chi connectivity index (χ2v) is 5.70. The third kappa shape index (κ3) is 4.24. The second-order valence-electron chi connectivity index (χ2n) is 5.70. The van der Waals surface area contributed by atoms with Crippen molar-refractivity contribution in [1.82, 2.24) is 9.97 Å². The van der Waals surface area contributed by atoms with E-state index in [9.17, 15) is 18.3 Å². The SMILES string of the molecule is Nc1nc(NC[C@H](O)CC(F)(F)F)c2ccc(C3=CC=NC3)cc2n1. The van der Waals surface area contributed by atoms with Crippen molar-refractivity contribution in [2.45, 2.75) is 18.7 Å². The Balaban J connectivity index is 1.83. The Morgan fingerprint density at radius 3 is 2.76 bits per heavy atom. The molecule has 132 valence electrons. The normalized spacial score (nSPS) is 15.4. The summed E-state index contributed by atoms with van der Waals surface area (Å²) in [5, 5.41) is 12.8. The van der Waals surface area contributed by atoms with Crippen molar-refractivity contribution in [2.75, 3.05) is 24.1 Å². The maximum atomic E-state index is 12.3. The van der Waals surface area contributed by atoms with Crippen LogP contribution in [0.1, 0.15) is 12.0 Å². The zero-order valence-corrected chi connectivity index (χ0v) is 13.1. The van der Waals surface area contributed by atoms with Crippen LogP contribution in [-0.2, 0) is 0 Å². The number of aliphatic imine (C=N–C) groups is 1. The fourth-order valence-electron chi connectivity index (χ4n) is 2.57. The predicted molar refractivity (Wildman–Crippen MR) is 90.5 cm³/mol. The van der Waals surface area contributed by atoms with Crippen molar-refractivity contribution < 1.29 is 18.3 Å². The molecule has 1 aromatic heterocycles. The molecule has 0 saturated carbocycles. The molecular weight excluding hydrogens is 335 g/mol. The Morgan fingerprint density at radius 1 is 1.28 bits per heavy atom. The van der Waals surface area contributed by atoms with E-state index in [1.54, 1.807) is 12.3 Å². The van der Waals surface area contributed by atoms with Crippen LogP contribution in [0.2, 0.25) is 0 Å². The molecule has 6 nitrogen and oxygen atoms in total. The molecule has 1 aromatic carbocycles. The number of aliphatic hydroxyl groups excluding tert-OH is 1. The number of hydrogen-bond donors (Lipinski definition) is 3. The number of nitrogens with two attached hydrogens (primary N) is 1. The molecule has 4 N–H and O–H groups in total. The lowest BCUT2D eigenvalue weighted by Crippen LogP contribution is -2.26. The zero-order chi connectivity index (χ0) is 18.0. The number of fused-ring (bicyclic) bond motifs is 1. The van der Waals surface area contributed by atoms with Crippen LogP contribution < -0.4 is 11.1 Å². The van der Waals surface area contributed by atoms with Crippen LogP contribution in [0, 0.1) is 0 Å². The van der Waals surface area contributed by atoms with Gasteiger partial charge in [-0.15, -0.1) is 0 Å². The van der Waals surface area contributed by atoms with Crippen molar-refractivity contribution >= 4 is 34.5 Å². The summed E-state index contributed by atoms with van der Waals surface area (Å²) in [6, 6.07) is 5.45. The van der Waals surface area contributed by atoms with Crippen LogP contribution in [0.3, 0.4) is 0 Å². The number of halogens is 3. The third-order valence-corrected chi connectivity index (χ3v) is 3.70. The number of rotatable bonds is 5. The van der Waals surface area contributed by atoms with Gasteiger partial charge in [0.1, 0.15) is 5.82 Å². The molecule has 0 bridgehead atoms. The number of nitrogens with zero attached hydrogens (tertiary/aromatic N) is 3. The molecule has 1 atom stereocenters. The number of anilines is 2. The summed E-state index contributed by atoms with van der Waals surface area (Å²) in [6.45, 7) is 0.284. The number of aromatic nitrogens is 2. The van der Waals surface area contributed by atoms with E-state index in [4.69, 9.17) is 5.73 Å². The number of hydrogen-bond acceptors (Lipinski definition) is 6. The third-order valence-electron chi connectivity index (χ3n) is 3.70. The Kier molecular flexibility index (Phi) is 4.58. The average molecular weight is 351 g/mol. The maximum Gasteiger partial charge on any atom is 0.391 e. The maximum absolute atomic E-state index is 12.3. The molecule has 0 radical (unpaired) electrons. The molecule has 0 spiro atoms. The summed E-state index contributed by atoms with van der Waals surface area (Å²) in [6.07, 6.45) is -3.68. The number of nitrogen functional groups attached to an aromatic ring is 1. The van der Waals surface area contributed by atoms with Crippen LogP contribution in [0.4, 0.5) is 24.9 Å². The van der Waals surface area contributed by atoms with E-state index >= 15 is 0 Å². The molecule has 1 aliphatic rings. The highest BCUT2D eigenvalue weighted by Crippen LogP contribution is 2.27. The highest BCUT2D eigenvalue weighted by Gasteiger charge is 2.31. The van der Waals surface area contributed by atoms with E-state index in [0.717, 1.165) is 11.1 Å². The summed E-state index contributed by atoms with van der Waals surface area (Å²) < 4.78 is 36.9. The van der Waals surface area contributed by atoms with Crippen LogP contribution in [-0.4, -0.2) is 46.7 Å². The molecule has 0 fully saturated rings. The first-order chi connectivity index (χ1) is 11.8. The van der Waals surface area contributed by atoms with E-state index in [-0.39, 0.29) is 18.3 Å². The minimum Gasteiger partial charge on any atom is -0.391 e. The lowest BCUT2D eigenvalue weighted by atomic mass is 10.0. The summed E-state index contributed by atoms with van der Waals surface area (Å²) >= 11 is 0. The van der Waals surface area contributed by atoms with Gasteiger partial charge in [-0.1, -0.05) is 6.07 Å². The first-order valence-electron chi connectivity index (χ1n) is 7.57. The molecule has 0 aliphatic carbocycles. The number of allylic oxidation sites excluding steroid dienone is 1. The van der Waals surface area contributed by atoms with Gasteiger partial charge in [0.25, 0.3) is 0 Å². The Morgan fingerprint density at radius 2 is 2.08 bits per heavy atom. The van der Waals surface area contributed by atoms with Gasteiger partial charge in [0.2, 0.25) is 5.95 Å². The molecule has 2 heterocycles. The standard InChI is InChI=1S/C16H16F3N5O/c17-16(18,19)6-11(25)8-22-14-12-2-1-9(10-3-4-21-7-10)5-13(12)23-15(20)24-14/h1-5,11,25H,6-8H2,(H3,20,22,23,24)/t11-/m1/s1. The van der Waals surface area contributed by atoms with E-state index in [0.29, 0.717) is 17.4 Å². The molecule has 25 heavy (non-hydrogen) atoms. The number of aliphatic hydroxyl groups is 1. The molecule has 0 unspecified atom stereocenters. The van der Waals surface area contributed by atoms with E-state index in [1.807, 2.05) is 18.2 Å². The topological polar surface area (TPSA) is 96.4 Å². The van der Waals surface area contributed by atoms with Gasteiger partial charge in [-0.05, 0) is 29.3 Å². The van der Waals surface area contributed by atoms with Crippen molar-refractivity contribution in [1.29, 1.82) is 0 Å². The van der Waals surface area contributed by atoms with Gasteiger partial charge in [0, 0.05) is 18.1 Å². The first-order valence-corrected chi connectivity index (χ1v) is 7.57. The first kappa shape index (κ1) is 17.2. The molecular formula is C16H16F3N5O. The molecule has 2 aromatic rings. The van der Waals surface area contributed by atoms with Crippen LogP contribution in [0.5, 0.6) is 0 Å². The van der Waals surface area contributed by atoms with Crippen LogP contribution in [0.25, 0.3) is 16.5 Å². The largest absolute Gasteiger partial charge is 0.391 e. The fourth-order valence-corrected chi connectivity index (χ4v) is 2.57. The lowest BCUT2D eigenvalue weighted by molar-refractivity contribution is -0.151. The van der Waals surface area contributed by atoms with Crippen molar-refractivity contribution in [3.8, 4) is 0 Å². The van der Waals surface area contributed by atoms with Crippen LogP contribution in [0.15, 0.2) is 29.3 Å². The second kappa shape index (κ2) is 6.67. The van der Waals surface area contributed by atoms with Gasteiger partial charge in [-0.25, -0.2) is 4.98 Å². The zero-order valence-electron chi connectivity index (χ0n) is 13.1. The van der Waals surface area contributed by atoms with E-state index < -0.39 is 18.7 Å². The number of benzene rings is 1. The lowest BCUT2D eigenvalue weighted by Gasteiger charge is -2.15. The van der Waals surface area contributed by atoms with Gasteiger partial charge in [0.05, 0.1) is 24.6 Å². The quantitative estimate of drug-likeness (QED) is 0.769. The van der Waals surface area contributed by atoms with Gasteiger partial charge < -0.3 is 16.2 Å². The summed E-state index contributed by atoms with van der Waals surface area (Å²) in [4.78, 5) is 12.3. The number of nitrogens with one attached hydrogen (secondary N) is 1. The fraction of sp³-hybridized carbons (Fsp3) is 0.312. The van der Waals surface area contributed by atoms with Gasteiger partial charge in [0.15, 0.2) is 0 Å². The summed E-state index contributed by atoms with van der Waals surface area (Å²) in [7, 11) is 0. The van der Waals surface area contributed by atoms with Crippen molar-refractivity contribution in [3.05, 3.63) is 29.8 Å². The van der Waals surface area contributed by atoms with Crippen LogP contribution >= 0.6 is 0 Å². The van der Waals surface area contributed by atoms with Gasteiger partial charge in [-0.2, -0.15) is 18.2 Å². The van der Waals surface area contributed by atoms with E-state index in [2.05, 4.69) is 20.3 Å². The summed E-state index contributed by atoms with van der Waals surface area (Å²) in [5.41, 5.74) is 8.23. The number of alkyl halides is 3. The summed E-state index contributed by atoms with van der Waals surface area (Å²) in [5.74, 6) is 0.279. The predicted octanol–water partition coefficient (Wildman–Crippen LogP) is 2.41. The Labute approximate surface area is 141 Å². The highest BCUT2D eigenvalue weighted by atomic mass is 19.4. The minimum atomic E-state index is -4.43. The van der Waals surface area contributed by atoms with Gasteiger partial charge in [-0.3, -0.25) is 4.99 Å². The molecule has 0 saturated heterocycles. The monoisotopic (exact) mass is 351 g/mol. The smallest absolute Gasteiger partial charge is 0.391 e. The van der Waals surface area contributed by atoms with Gasteiger partial charge >= 0.3 is 6.18 Å². The molecule has 0 amide bonds. The molecule has 1 aliphatic heterocycles. The Bertz CT molecular complexity index is 848. The minimum absolute atomic E-state index is 0.00545.